The van der Waals surface area contributed by atoms with E-state index in [4.69, 9.17) is 5.73 Å². The molecule has 1 fully saturated rings. The molecule has 5 heteroatoms. The molecule has 2 rings (SSSR count). The highest BCUT2D eigenvalue weighted by Crippen LogP contribution is 2.24. The molecule has 1 aliphatic rings. The number of nitrogens with two attached hydrogens (primary N) is 1. The molecule has 0 aromatic carbocycles. The SMILES string of the molecule is Cc1cc(NCC2CCC(O)CC2)nc(N)n1. The lowest BCUT2D eigenvalue weighted by atomic mass is 9.87. The van der Waals surface area contributed by atoms with E-state index in [9.17, 15) is 5.11 Å². The number of anilines is 2. The molecule has 0 saturated heterocycles. The highest BCUT2D eigenvalue weighted by Gasteiger charge is 2.19. The third-order valence-electron chi connectivity index (χ3n) is 3.26. The molecule has 1 heterocycles. The zero-order chi connectivity index (χ0) is 12.3. The first-order valence-corrected chi connectivity index (χ1v) is 6.16. The van der Waals surface area contributed by atoms with Crippen LogP contribution in [0.5, 0.6) is 0 Å². The van der Waals surface area contributed by atoms with Crippen molar-refractivity contribution in [2.75, 3.05) is 17.6 Å². The molecule has 1 saturated carbocycles. The van der Waals surface area contributed by atoms with Crippen molar-refractivity contribution < 1.29 is 5.11 Å². The van der Waals surface area contributed by atoms with E-state index in [2.05, 4.69) is 15.3 Å². The van der Waals surface area contributed by atoms with Crippen molar-refractivity contribution in [1.82, 2.24) is 9.97 Å². The molecule has 1 aliphatic carbocycles. The predicted molar refractivity (Wildman–Crippen MR) is 67.6 cm³/mol. The van der Waals surface area contributed by atoms with Gasteiger partial charge in [-0.15, -0.1) is 0 Å². The summed E-state index contributed by atoms with van der Waals surface area (Å²) in [6.07, 6.45) is 3.89. The first-order valence-electron chi connectivity index (χ1n) is 6.16. The monoisotopic (exact) mass is 236 g/mol. The molecular formula is C12H20N4O. The molecule has 17 heavy (non-hydrogen) atoms. The van der Waals surface area contributed by atoms with Crippen LogP contribution < -0.4 is 11.1 Å². The zero-order valence-corrected chi connectivity index (χ0v) is 10.2. The summed E-state index contributed by atoms with van der Waals surface area (Å²) in [4.78, 5) is 8.17. The number of hydrogen-bond acceptors (Lipinski definition) is 5. The van der Waals surface area contributed by atoms with Crippen LogP contribution in [-0.4, -0.2) is 27.7 Å². The van der Waals surface area contributed by atoms with Crippen molar-refractivity contribution in [2.45, 2.75) is 38.7 Å². The van der Waals surface area contributed by atoms with Crippen LogP contribution in [0.25, 0.3) is 0 Å². The Bertz CT molecular complexity index is 355. The fraction of sp³-hybridized carbons (Fsp3) is 0.667. The highest BCUT2D eigenvalue weighted by atomic mass is 16.3. The lowest BCUT2D eigenvalue weighted by molar-refractivity contribution is 0.111. The molecule has 0 radical (unpaired) electrons. The lowest BCUT2D eigenvalue weighted by Crippen LogP contribution is -2.23. The molecule has 0 unspecified atom stereocenters. The first-order chi connectivity index (χ1) is 8.13. The molecule has 5 nitrogen and oxygen atoms in total. The molecule has 0 aliphatic heterocycles. The Hall–Kier alpha value is -1.36. The Balaban J connectivity index is 1.85. The molecule has 0 atom stereocenters. The minimum absolute atomic E-state index is 0.0943. The number of aromatic nitrogens is 2. The van der Waals surface area contributed by atoms with Crippen molar-refractivity contribution in [3.05, 3.63) is 11.8 Å². The fourth-order valence-corrected chi connectivity index (χ4v) is 2.28. The van der Waals surface area contributed by atoms with Crippen LogP contribution in [0.4, 0.5) is 11.8 Å². The van der Waals surface area contributed by atoms with Gasteiger partial charge in [-0.1, -0.05) is 0 Å². The first kappa shape index (κ1) is 12.1. The van der Waals surface area contributed by atoms with E-state index in [1.165, 1.54) is 0 Å². The van der Waals surface area contributed by atoms with Crippen molar-refractivity contribution >= 4 is 11.8 Å². The molecule has 1 aromatic heterocycles. The van der Waals surface area contributed by atoms with Crippen molar-refractivity contribution in [3.8, 4) is 0 Å². The van der Waals surface area contributed by atoms with Crippen LogP contribution in [-0.2, 0) is 0 Å². The largest absolute Gasteiger partial charge is 0.393 e. The summed E-state index contributed by atoms with van der Waals surface area (Å²) in [5.74, 6) is 1.72. The number of aliphatic hydroxyl groups excluding tert-OH is 1. The van der Waals surface area contributed by atoms with Gasteiger partial charge in [0.2, 0.25) is 5.95 Å². The third kappa shape index (κ3) is 3.56. The second kappa shape index (κ2) is 5.31. The minimum Gasteiger partial charge on any atom is -0.393 e. The van der Waals surface area contributed by atoms with Crippen LogP contribution in [0.2, 0.25) is 0 Å². The van der Waals surface area contributed by atoms with Gasteiger partial charge in [-0.05, 0) is 38.5 Å². The van der Waals surface area contributed by atoms with Crippen LogP contribution in [0.3, 0.4) is 0 Å². The Labute approximate surface area is 101 Å². The Morgan fingerprint density at radius 3 is 2.71 bits per heavy atom. The summed E-state index contributed by atoms with van der Waals surface area (Å²) < 4.78 is 0. The summed E-state index contributed by atoms with van der Waals surface area (Å²) in [7, 11) is 0. The van der Waals surface area contributed by atoms with Crippen LogP contribution >= 0.6 is 0 Å². The highest BCUT2D eigenvalue weighted by molar-refractivity contribution is 5.40. The maximum absolute atomic E-state index is 9.43. The Kier molecular flexibility index (Phi) is 3.78. The fourth-order valence-electron chi connectivity index (χ4n) is 2.28. The Morgan fingerprint density at radius 1 is 1.35 bits per heavy atom. The second-order valence-corrected chi connectivity index (χ2v) is 4.81. The van der Waals surface area contributed by atoms with Crippen LogP contribution in [0, 0.1) is 12.8 Å². The number of rotatable bonds is 3. The van der Waals surface area contributed by atoms with Gasteiger partial charge >= 0.3 is 0 Å². The summed E-state index contributed by atoms with van der Waals surface area (Å²) in [6.45, 7) is 2.79. The third-order valence-corrected chi connectivity index (χ3v) is 3.26. The second-order valence-electron chi connectivity index (χ2n) is 4.81. The molecule has 0 spiro atoms. The normalized spacial score (nSPS) is 24.6. The quantitative estimate of drug-likeness (QED) is 0.737. The average Bonchev–Trinajstić information content (AvgIpc) is 2.27. The lowest BCUT2D eigenvalue weighted by Gasteiger charge is -2.25. The number of hydrogen-bond donors (Lipinski definition) is 3. The van der Waals surface area contributed by atoms with Gasteiger partial charge in [0.1, 0.15) is 5.82 Å². The van der Waals surface area contributed by atoms with E-state index in [-0.39, 0.29) is 6.10 Å². The van der Waals surface area contributed by atoms with Gasteiger partial charge in [0, 0.05) is 18.3 Å². The molecule has 4 N–H and O–H groups in total. The number of nitrogens with one attached hydrogen (secondary N) is 1. The maximum atomic E-state index is 9.43. The van der Waals surface area contributed by atoms with Gasteiger partial charge in [-0.25, -0.2) is 4.98 Å². The maximum Gasteiger partial charge on any atom is 0.222 e. The van der Waals surface area contributed by atoms with Crippen LogP contribution in [0.15, 0.2) is 6.07 Å². The molecule has 0 amide bonds. The van der Waals surface area contributed by atoms with E-state index >= 15 is 0 Å². The predicted octanol–water partition coefficient (Wildman–Crippen LogP) is 1.33. The summed E-state index contributed by atoms with van der Waals surface area (Å²) >= 11 is 0. The van der Waals surface area contributed by atoms with Gasteiger partial charge < -0.3 is 16.2 Å². The summed E-state index contributed by atoms with van der Waals surface area (Å²) in [5.41, 5.74) is 6.47. The molecular weight excluding hydrogens is 216 g/mol. The van der Waals surface area contributed by atoms with E-state index in [1.807, 2.05) is 13.0 Å². The summed E-state index contributed by atoms with van der Waals surface area (Å²) in [6, 6.07) is 1.90. The van der Waals surface area contributed by atoms with Gasteiger partial charge in [0.25, 0.3) is 0 Å². The standard InChI is InChI=1S/C12H20N4O/c1-8-6-11(16-12(13)15-8)14-7-9-2-4-10(17)5-3-9/h6,9-10,17H,2-5,7H2,1H3,(H3,13,14,15,16). The number of aliphatic hydroxyl groups is 1. The molecule has 1 aromatic rings. The van der Waals surface area contributed by atoms with Crippen molar-refractivity contribution in [3.63, 3.8) is 0 Å². The van der Waals surface area contributed by atoms with Gasteiger partial charge in [0.15, 0.2) is 0 Å². The van der Waals surface area contributed by atoms with E-state index < -0.39 is 0 Å². The average molecular weight is 236 g/mol. The van der Waals surface area contributed by atoms with Crippen molar-refractivity contribution in [2.24, 2.45) is 5.92 Å². The van der Waals surface area contributed by atoms with Gasteiger partial charge in [-0.2, -0.15) is 4.98 Å². The van der Waals surface area contributed by atoms with Gasteiger partial charge in [-0.3, -0.25) is 0 Å². The van der Waals surface area contributed by atoms with Gasteiger partial charge in [0.05, 0.1) is 6.10 Å². The topological polar surface area (TPSA) is 84.1 Å². The zero-order valence-electron chi connectivity index (χ0n) is 10.2. The smallest absolute Gasteiger partial charge is 0.222 e. The molecule has 0 bridgehead atoms. The summed E-state index contributed by atoms with van der Waals surface area (Å²) in [5, 5.41) is 12.7. The molecule has 94 valence electrons. The number of nitrogens with zero attached hydrogens (tertiary/aromatic N) is 2. The van der Waals surface area contributed by atoms with Crippen molar-refractivity contribution in [1.29, 1.82) is 0 Å². The van der Waals surface area contributed by atoms with Crippen LogP contribution in [0.1, 0.15) is 31.4 Å². The number of nitrogen functional groups attached to an aromatic ring is 1. The number of aryl methyl sites for hydroxylation is 1. The van der Waals surface area contributed by atoms with E-state index in [0.29, 0.717) is 11.9 Å². The Morgan fingerprint density at radius 2 is 2.06 bits per heavy atom. The van der Waals surface area contributed by atoms with E-state index in [1.54, 1.807) is 0 Å². The minimum atomic E-state index is -0.0943. The van der Waals surface area contributed by atoms with E-state index in [0.717, 1.165) is 43.7 Å².